The number of fused-ring (bicyclic) bond motifs is 3. The zero-order valence-corrected chi connectivity index (χ0v) is 28.5. The molecule has 1 aromatic heterocycles. The number of rotatable bonds is 22. The first-order chi connectivity index (χ1) is 22.9. The SMILES string of the molecule is CCCCCCCCOCCCN=c1c2c(N)c3c(=O)c4ccccc4c(=O)c3c(N)c2c(=O)n1CCCOCCCCCCCC. The third kappa shape index (κ3) is 8.87. The molecule has 4 rings (SSSR count). The molecule has 0 aliphatic heterocycles. The van der Waals surface area contributed by atoms with Crippen LogP contribution in [0.4, 0.5) is 11.4 Å². The van der Waals surface area contributed by atoms with E-state index in [9.17, 15) is 14.4 Å². The number of nitrogen functional groups attached to an aromatic ring is 2. The largest absolute Gasteiger partial charge is 0.397 e. The number of benzene rings is 3. The summed E-state index contributed by atoms with van der Waals surface area (Å²) in [6.45, 7) is 7.67. The second-order valence-electron chi connectivity index (χ2n) is 12.7. The smallest absolute Gasteiger partial charge is 0.262 e. The van der Waals surface area contributed by atoms with E-state index in [1.807, 2.05) is 0 Å². The maximum absolute atomic E-state index is 13.9. The lowest BCUT2D eigenvalue weighted by molar-refractivity contribution is 0.124. The number of ether oxygens (including phenoxy) is 2. The maximum atomic E-state index is 13.9. The second kappa shape index (κ2) is 18.7. The Bertz CT molecular complexity index is 1820. The minimum atomic E-state index is -0.405. The summed E-state index contributed by atoms with van der Waals surface area (Å²) in [4.78, 5) is 46.0. The molecule has 9 nitrogen and oxygen atoms in total. The molecule has 256 valence electrons. The second-order valence-corrected chi connectivity index (χ2v) is 12.7. The number of unbranched alkanes of at least 4 members (excludes halogenated alkanes) is 10. The highest BCUT2D eigenvalue weighted by Gasteiger charge is 2.24. The zero-order chi connectivity index (χ0) is 33.6. The molecule has 0 radical (unpaired) electrons. The van der Waals surface area contributed by atoms with Crippen LogP contribution >= 0.6 is 0 Å². The topological polar surface area (TPSA) is 139 Å². The third-order valence-corrected chi connectivity index (χ3v) is 9.05. The summed E-state index contributed by atoms with van der Waals surface area (Å²) in [7, 11) is 0. The van der Waals surface area contributed by atoms with Crippen molar-refractivity contribution in [1.29, 1.82) is 0 Å². The monoisotopic (exact) mass is 646 g/mol. The van der Waals surface area contributed by atoms with Crippen LogP contribution in [-0.2, 0) is 16.0 Å². The van der Waals surface area contributed by atoms with Crippen LogP contribution in [0.2, 0.25) is 0 Å². The molecule has 0 aliphatic carbocycles. The van der Waals surface area contributed by atoms with Crippen molar-refractivity contribution >= 4 is 43.7 Å². The van der Waals surface area contributed by atoms with Gasteiger partial charge in [0.2, 0.25) is 0 Å². The molecule has 4 N–H and O–H groups in total. The molecule has 4 aromatic rings. The Labute approximate surface area is 277 Å². The standard InChI is InChI=1S/C38H54N4O5/c1-3-5-7-9-11-15-23-46-25-17-21-41-37-31-32(38(45)42(37)22-18-26-47-24-16-12-10-8-6-4-2)34(40)30-29(33(31)39)35(43)27-19-13-14-20-28(27)36(30)44/h13-14,19-20H,3-12,15-18,21-26,39-40H2,1-2H3. The summed E-state index contributed by atoms with van der Waals surface area (Å²) in [5.41, 5.74) is 12.6. The van der Waals surface area contributed by atoms with Gasteiger partial charge in [-0.2, -0.15) is 0 Å². The van der Waals surface area contributed by atoms with Gasteiger partial charge in [0.05, 0.1) is 32.9 Å². The molecule has 1 heterocycles. The lowest BCUT2D eigenvalue weighted by Gasteiger charge is -2.08. The Kier molecular flexibility index (Phi) is 14.4. The molecular formula is C38H54N4O5. The maximum Gasteiger partial charge on any atom is 0.262 e. The minimum Gasteiger partial charge on any atom is -0.397 e. The van der Waals surface area contributed by atoms with Crippen LogP contribution in [0.3, 0.4) is 0 Å². The first-order valence-corrected chi connectivity index (χ1v) is 17.9. The molecule has 47 heavy (non-hydrogen) atoms. The fraction of sp³-hybridized carbons (Fsp3) is 0.579. The molecular weight excluding hydrogens is 592 g/mol. The fourth-order valence-corrected chi connectivity index (χ4v) is 6.45. The van der Waals surface area contributed by atoms with Crippen LogP contribution < -0.4 is 33.4 Å². The Morgan fingerprint density at radius 1 is 0.596 bits per heavy atom. The van der Waals surface area contributed by atoms with Crippen LogP contribution in [0.5, 0.6) is 0 Å². The molecule has 9 heteroatoms. The number of aromatic nitrogens is 1. The Balaban J connectivity index is 1.58. The van der Waals surface area contributed by atoms with Crippen LogP contribution in [0, 0.1) is 0 Å². The van der Waals surface area contributed by atoms with Gasteiger partial charge < -0.3 is 20.9 Å². The van der Waals surface area contributed by atoms with Gasteiger partial charge in [-0.15, -0.1) is 0 Å². The summed E-state index contributed by atoms with van der Waals surface area (Å²) in [6.07, 6.45) is 15.7. The normalized spacial score (nSPS) is 12.3. The Morgan fingerprint density at radius 2 is 1.06 bits per heavy atom. The van der Waals surface area contributed by atoms with Crippen LogP contribution in [-0.4, -0.2) is 37.5 Å². The molecule has 0 aliphatic rings. The van der Waals surface area contributed by atoms with Crippen molar-refractivity contribution < 1.29 is 9.47 Å². The van der Waals surface area contributed by atoms with Crippen LogP contribution in [0.15, 0.2) is 43.6 Å². The van der Waals surface area contributed by atoms with Crippen molar-refractivity contribution in [2.24, 2.45) is 4.99 Å². The molecule has 0 bridgehead atoms. The van der Waals surface area contributed by atoms with Crippen molar-refractivity contribution in [3.8, 4) is 0 Å². The fourth-order valence-electron chi connectivity index (χ4n) is 6.45. The van der Waals surface area contributed by atoms with Gasteiger partial charge in [-0.1, -0.05) is 102 Å². The highest BCUT2D eigenvalue weighted by molar-refractivity contribution is 6.20. The first kappa shape index (κ1) is 36.3. The van der Waals surface area contributed by atoms with Crippen molar-refractivity contribution in [1.82, 2.24) is 4.57 Å². The summed E-state index contributed by atoms with van der Waals surface area (Å²) in [6, 6.07) is 6.63. The number of hydrogen-bond donors (Lipinski definition) is 2. The predicted octanol–water partition coefficient (Wildman–Crippen LogP) is 6.50. The van der Waals surface area contributed by atoms with Crippen molar-refractivity contribution in [2.75, 3.05) is 44.4 Å². The average Bonchev–Trinajstić information content (AvgIpc) is 3.36. The zero-order valence-electron chi connectivity index (χ0n) is 28.5. The van der Waals surface area contributed by atoms with E-state index in [4.69, 9.17) is 25.9 Å². The number of anilines is 2. The predicted molar refractivity (Wildman–Crippen MR) is 195 cm³/mol. The van der Waals surface area contributed by atoms with Gasteiger partial charge in [-0.05, 0) is 25.7 Å². The average molecular weight is 647 g/mol. The highest BCUT2D eigenvalue weighted by atomic mass is 16.5. The van der Waals surface area contributed by atoms with Gasteiger partial charge in [-0.3, -0.25) is 23.9 Å². The Hall–Kier alpha value is -3.56. The molecule has 0 atom stereocenters. The number of nitrogens with zero attached hydrogens (tertiary/aromatic N) is 2. The lowest BCUT2D eigenvalue weighted by atomic mass is 9.96. The van der Waals surface area contributed by atoms with Gasteiger partial charge in [-0.25, -0.2) is 0 Å². The van der Waals surface area contributed by atoms with Gasteiger partial charge in [0.25, 0.3) is 5.56 Å². The van der Waals surface area contributed by atoms with Gasteiger partial charge in [0, 0.05) is 50.3 Å². The van der Waals surface area contributed by atoms with Gasteiger partial charge in [0.1, 0.15) is 5.49 Å². The molecule has 0 saturated carbocycles. The van der Waals surface area contributed by atoms with Gasteiger partial charge in [0.15, 0.2) is 10.9 Å². The lowest BCUT2D eigenvalue weighted by Crippen LogP contribution is -2.28. The van der Waals surface area contributed by atoms with Crippen LogP contribution in [0.1, 0.15) is 104 Å². The third-order valence-electron chi connectivity index (χ3n) is 9.05. The minimum absolute atomic E-state index is 0.00450. The summed E-state index contributed by atoms with van der Waals surface area (Å²) in [5, 5.41) is 1.08. The van der Waals surface area contributed by atoms with E-state index < -0.39 is 5.43 Å². The number of hydrogen-bond acceptors (Lipinski definition) is 8. The van der Waals surface area contributed by atoms with E-state index in [1.165, 1.54) is 57.8 Å². The summed E-state index contributed by atoms with van der Waals surface area (Å²) >= 11 is 0. The highest BCUT2D eigenvalue weighted by Crippen LogP contribution is 2.31. The van der Waals surface area contributed by atoms with E-state index >= 15 is 0 Å². The molecule has 0 unspecified atom stereocenters. The first-order valence-electron chi connectivity index (χ1n) is 17.9. The quantitative estimate of drug-likeness (QED) is 0.0430. The van der Waals surface area contributed by atoms with E-state index in [-0.39, 0.29) is 49.3 Å². The van der Waals surface area contributed by atoms with Crippen molar-refractivity contribution in [3.63, 3.8) is 0 Å². The molecule has 3 aromatic carbocycles. The van der Waals surface area contributed by atoms with Gasteiger partial charge >= 0.3 is 0 Å². The van der Waals surface area contributed by atoms with Crippen molar-refractivity contribution in [3.05, 3.63) is 60.6 Å². The molecule has 0 saturated heterocycles. The van der Waals surface area contributed by atoms with E-state index in [0.29, 0.717) is 56.6 Å². The number of nitrogens with two attached hydrogens (primary N) is 2. The van der Waals surface area contributed by atoms with Crippen molar-refractivity contribution in [2.45, 2.75) is 110 Å². The molecule has 0 amide bonds. The summed E-state index contributed by atoms with van der Waals surface area (Å²) in [5.74, 6) is 0. The summed E-state index contributed by atoms with van der Waals surface area (Å²) < 4.78 is 13.3. The molecule has 0 spiro atoms. The Morgan fingerprint density at radius 3 is 1.62 bits per heavy atom. The molecule has 0 fully saturated rings. The van der Waals surface area contributed by atoms with E-state index in [2.05, 4.69) is 13.8 Å². The van der Waals surface area contributed by atoms with Crippen LogP contribution in [0.25, 0.3) is 32.3 Å². The van der Waals surface area contributed by atoms with E-state index in [1.54, 1.807) is 28.8 Å². The van der Waals surface area contributed by atoms with E-state index in [0.717, 1.165) is 25.9 Å².